The number of esters is 2. The van der Waals surface area contributed by atoms with Crippen molar-refractivity contribution in [3.8, 4) is 11.4 Å². The molecule has 2 atom stereocenters. The first kappa shape index (κ1) is 34.8. The molecule has 4 N–H and O–H groups in total. The highest BCUT2D eigenvalue weighted by Gasteiger charge is 2.56. The van der Waals surface area contributed by atoms with E-state index >= 15 is 0 Å². The molecule has 1 aromatic heterocycles. The summed E-state index contributed by atoms with van der Waals surface area (Å²) in [5, 5.41) is 31.7. The summed E-state index contributed by atoms with van der Waals surface area (Å²) in [6.07, 6.45) is -3.81. The average Bonchev–Trinajstić information content (AvgIpc) is 3.66. The van der Waals surface area contributed by atoms with E-state index in [9.17, 15) is 37.4 Å². The molecule has 1 aliphatic heterocycles. The van der Waals surface area contributed by atoms with Gasteiger partial charge in [0.1, 0.15) is 11.6 Å². The number of fused-ring (bicyclic) bond motifs is 1. The Morgan fingerprint density at radius 3 is 2.54 bits per heavy atom. The first-order valence-electron chi connectivity index (χ1n) is 15.2. The molecule has 0 aliphatic carbocycles. The molecule has 10 nitrogen and oxygen atoms in total. The number of aromatic nitrogens is 2. The number of alkyl halides is 3. The third-order valence-electron chi connectivity index (χ3n) is 8.54. The Morgan fingerprint density at radius 2 is 1.88 bits per heavy atom. The monoisotopic (exact) mass is 672 g/mol. The fourth-order valence-corrected chi connectivity index (χ4v) is 6.05. The van der Waals surface area contributed by atoms with Crippen molar-refractivity contribution in [1.82, 2.24) is 15.1 Å². The predicted molar refractivity (Wildman–Crippen MR) is 169 cm³/mol. The van der Waals surface area contributed by atoms with Crippen LogP contribution in [0.1, 0.15) is 54.6 Å². The average molecular weight is 673 g/mol. The summed E-state index contributed by atoms with van der Waals surface area (Å²) in [7, 11) is 1.33. The van der Waals surface area contributed by atoms with E-state index in [0.717, 1.165) is 12.1 Å². The van der Waals surface area contributed by atoms with Crippen molar-refractivity contribution in [2.75, 3.05) is 25.5 Å². The highest BCUT2D eigenvalue weighted by Crippen LogP contribution is 2.44. The zero-order valence-electron chi connectivity index (χ0n) is 26.7. The van der Waals surface area contributed by atoms with Gasteiger partial charge in [-0.2, -0.15) is 18.3 Å². The largest absolute Gasteiger partial charge is 0.496 e. The summed E-state index contributed by atoms with van der Waals surface area (Å²) >= 11 is 0. The second kappa shape index (κ2) is 12.8. The first-order chi connectivity index (χ1) is 22.5. The smallest absolute Gasteiger partial charge is 0.418 e. The first-order valence-corrected chi connectivity index (χ1v) is 15.2. The van der Waals surface area contributed by atoms with E-state index in [1.807, 2.05) is 0 Å². The molecule has 5 rings (SSSR count). The Kier molecular flexibility index (Phi) is 9.30. The summed E-state index contributed by atoms with van der Waals surface area (Å²) in [5.41, 5.74) is -4.58. The quantitative estimate of drug-likeness (QED) is 0.100. The van der Waals surface area contributed by atoms with Crippen molar-refractivity contribution in [3.05, 3.63) is 83.3 Å². The SMILES string of the molecule is COc1ccc(F)cc1C(C)(C)CC(O)(CNc1cc(C)cc2c1cnn2-c1cccc(C(=O)OC(=O)[C@]2(O)CCCN2)c1)C(F)(F)F. The number of aryl methyl sites for hydroxylation is 1. The number of nitrogens with zero attached hydrogens (tertiary/aromatic N) is 2. The van der Waals surface area contributed by atoms with Gasteiger partial charge < -0.3 is 25.0 Å². The van der Waals surface area contributed by atoms with E-state index in [2.05, 4.69) is 15.7 Å². The van der Waals surface area contributed by atoms with Crippen molar-refractivity contribution in [1.29, 1.82) is 0 Å². The maximum absolute atomic E-state index is 14.5. The van der Waals surface area contributed by atoms with Gasteiger partial charge in [0.2, 0.25) is 5.72 Å². The number of benzene rings is 3. The normalized spacial score (nSPS) is 18.0. The summed E-state index contributed by atoms with van der Waals surface area (Å²) in [5.74, 6) is -2.55. The number of rotatable bonds is 10. The van der Waals surface area contributed by atoms with Crippen molar-refractivity contribution in [3.63, 3.8) is 0 Å². The minimum atomic E-state index is -5.06. The molecule has 0 radical (unpaired) electrons. The summed E-state index contributed by atoms with van der Waals surface area (Å²) in [6, 6.07) is 13.0. The van der Waals surface area contributed by atoms with Gasteiger partial charge in [0, 0.05) is 23.1 Å². The molecule has 1 fully saturated rings. The molecule has 0 saturated carbocycles. The van der Waals surface area contributed by atoms with Crippen LogP contribution in [0.25, 0.3) is 16.6 Å². The van der Waals surface area contributed by atoms with Gasteiger partial charge in [-0.05, 0) is 85.8 Å². The lowest BCUT2D eigenvalue weighted by Crippen LogP contribution is -2.53. The van der Waals surface area contributed by atoms with Crippen LogP contribution < -0.4 is 15.4 Å². The second-order valence-electron chi connectivity index (χ2n) is 12.7. The number of carbonyl (C=O) groups is 2. The van der Waals surface area contributed by atoms with Crippen LogP contribution >= 0.6 is 0 Å². The molecule has 1 saturated heterocycles. The molecule has 4 aromatic rings. The molecule has 2 heterocycles. The van der Waals surface area contributed by atoms with E-state index in [-0.39, 0.29) is 29.0 Å². The summed E-state index contributed by atoms with van der Waals surface area (Å²) in [4.78, 5) is 25.2. The molecular weight excluding hydrogens is 636 g/mol. The number of anilines is 1. The maximum Gasteiger partial charge on any atom is 0.418 e. The van der Waals surface area contributed by atoms with E-state index < -0.39 is 53.6 Å². The minimum absolute atomic E-state index is 0.00452. The topological polar surface area (TPSA) is 135 Å². The third kappa shape index (κ3) is 6.86. The van der Waals surface area contributed by atoms with E-state index in [0.29, 0.717) is 35.1 Å². The Hall–Kier alpha value is -4.53. The molecule has 1 unspecified atom stereocenters. The Morgan fingerprint density at radius 1 is 1.12 bits per heavy atom. The molecule has 0 spiro atoms. The number of hydrogen-bond donors (Lipinski definition) is 4. The third-order valence-corrected chi connectivity index (χ3v) is 8.54. The molecule has 0 amide bonds. The number of nitrogens with one attached hydrogen (secondary N) is 2. The van der Waals surface area contributed by atoms with E-state index in [4.69, 9.17) is 9.47 Å². The number of aliphatic hydroxyl groups is 2. The number of methoxy groups -OCH3 is 1. The van der Waals surface area contributed by atoms with E-state index in [1.165, 1.54) is 50.0 Å². The lowest BCUT2D eigenvalue weighted by molar-refractivity contribution is -0.260. The number of halogens is 4. The van der Waals surface area contributed by atoms with Crippen molar-refractivity contribution in [2.45, 2.75) is 63.0 Å². The zero-order chi connectivity index (χ0) is 35.1. The van der Waals surface area contributed by atoms with Crippen LogP contribution in [0.2, 0.25) is 0 Å². The molecular formula is C34H36F4N4O6. The van der Waals surface area contributed by atoms with Crippen LogP contribution in [0.15, 0.2) is 60.8 Å². The Bertz CT molecular complexity index is 1850. The van der Waals surface area contributed by atoms with Gasteiger partial charge in [0.15, 0.2) is 5.60 Å². The lowest BCUT2D eigenvalue weighted by Gasteiger charge is -2.38. The van der Waals surface area contributed by atoms with Gasteiger partial charge in [0.25, 0.3) is 0 Å². The predicted octanol–water partition coefficient (Wildman–Crippen LogP) is 5.31. The van der Waals surface area contributed by atoms with Gasteiger partial charge in [-0.1, -0.05) is 19.9 Å². The van der Waals surface area contributed by atoms with Crippen LogP contribution in [0.4, 0.5) is 23.2 Å². The molecule has 0 bridgehead atoms. The molecule has 1 aliphatic rings. The van der Waals surface area contributed by atoms with Crippen LogP contribution in [-0.4, -0.2) is 69.6 Å². The van der Waals surface area contributed by atoms with Gasteiger partial charge in [-0.15, -0.1) is 0 Å². The zero-order valence-corrected chi connectivity index (χ0v) is 26.7. The molecule has 3 aromatic carbocycles. The molecule has 48 heavy (non-hydrogen) atoms. The van der Waals surface area contributed by atoms with E-state index in [1.54, 1.807) is 31.2 Å². The second-order valence-corrected chi connectivity index (χ2v) is 12.7. The van der Waals surface area contributed by atoms with Gasteiger partial charge in [-0.25, -0.2) is 18.7 Å². The minimum Gasteiger partial charge on any atom is -0.496 e. The van der Waals surface area contributed by atoms with Crippen molar-refractivity contribution < 1.29 is 46.8 Å². The number of carbonyl (C=O) groups excluding carboxylic acids is 2. The van der Waals surface area contributed by atoms with Gasteiger partial charge >= 0.3 is 18.1 Å². The van der Waals surface area contributed by atoms with Crippen LogP contribution in [0, 0.1) is 12.7 Å². The standard InChI is InChI=1S/C34H36F4N4O6/c1-20-13-26(39-19-32(45,34(36,37)38)18-31(2,3)25-16-22(35)9-10-28(25)47-4)24-17-41-42(27(24)14-20)23-8-5-7-21(15-23)29(43)48-30(44)33(46)11-6-12-40-33/h5,7-10,13-17,39-40,45-46H,6,11-12,18-19H2,1-4H3/t32?,33-/m1/s1. The lowest BCUT2D eigenvalue weighted by atomic mass is 9.74. The number of hydrogen-bond acceptors (Lipinski definition) is 9. The van der Waals surface area contributed by atoms with Crippen molar-refractivity contribution >= 4 is 28.5 Å². The fraction of sp³-hybridized carbons (Fsp3) is 0.382. The van der Waals surface area contributed by atoms with Gasteiger partial charge in [-0.3, -0.25) is 5.32 Å². The highest BCUT2D eigenvalue weighted by molar-refractivity contribution is 5.99. The van der Waals surface area contributed by atoms with Crippen LogP contribution in [-0.2, 0) is 14.9 Å². The van der Waals surface area contributed by atoms with Gasteiger partial charge in [0.05, 0.1) is 36.6 Å². The molecule has 256 valence electrons. The fourth-order valence-electron chi connectivity index (χ4n) is 6.05. The summed E-state index contributed by atoms with van der Waals surface area (Å²) < 4.78 is 69.4. The van der Waals surface area contributed by atoms with Crippen molar-refractivity contribution in [2.24, 2.45) is 0 Å². The Balaban J connectivity index is 1.41. The molecule has 14 heteroatoms. The maximum atomic E-state index is 14.5. The van der Waals surface area contributed by atoms with Crippen LogP contribution in [0.3, 0.4) is 0 Å². The number of ether oxygens (including phenoxy) is 2. The Labute approximate surface area is 273 Å². The van der Waals surface area contributed by atoms with Crippen LogP contribution in [0.5, 0.6) is 5.75 Å². The highest BCUT2D eigenvalue weighted by atomic mass is 19.4. The summed E-state index contributed by atoms with van der Waals surface area (Å²) in [6.45, 7) is 4.15.